The van der Waals surface area contributed by atoms with Crippen molar-refractivity contribution in [2.24, 2.45) is 5.92 Å². The summed E-state index contributed by atoms with van der Waals surface area (Å²) >= 11 is 4.96. The molecule has 1 heterocycles. The highest BCUT2D eigenvalue weighted by Gasteiger charge is 2.04. The van der Waals surface area contributed by atoms with Crippen LogP contribution in [0.5, 0.6) is 0 Å². The van der Waals surface area contributed by atoms with Crippen LogP contribution in [0.1, 0.15) is 12.7 Å². The van der Waals surface area contributed by atoms with Crippen LogP contribution in [0.25, 0.3) is 0 Å². The first-order chi connectivity index (χ1) is 6.61. The first-order valence-electron chi connectivity index (χ1n) is 4.36. The van der Waals surface area contributed by atoms with Crippen LogP contribution in [0.4, 0.5) is 0 Å². The van der Waals surface area contributed by atoms with E-state index in [-0.39, 0.29) is 6.61 Å². The minimum Gasteiger partial charge on any atom is -0.396 e. The van der Waals surface area contributed by atoms with Crippen LogP contribution in [0.3, 0.4) is 0 Å². The van der Waals surface area contributed by atoms with E-state index >= 15 is 0 Å². The number of aliphatic hydroxyl groups excluding tert-OH is 1. The SMILES string of the molecule is Cc1nc(Br)cc(SCC(C)CO)n1. The number of hydrogen-bond donors (Lipinski definition) is 1. The Bertz CT molecular complexity index is 289. The van der Waals surface area contributed by atoms with E-state index in [0.29, 0.717) is 5.92 Å². The molecule has 0 amide bonds. The summed E-state index contributed by atoms with van der Waals surface area (Å²) in [6, 6.07) is 1.89. The van der Waals surface area contributed by atoms with Crippen molar-refractivity contribution >= 4 is 27.7 Å². The van der Waals surface area contributed by atoms with Crippen LogP contribution < -0.4 is 0 Å². The van der Waals surface area contributed by atoms with E-state index in [0.717, 1.165) is 21.2 Å². The molecule has 3 nitrogen and oxygen atoms in total. The van der Waals surface area contributed by atoms with Gasteiger partial charge in [-0.15, -0.1) is 11.8 Å². The van der Waals surface area contributed by atoms with E-state index in [9.17, 15) is 0 Å². The monoisotopic (exact) mass is 276 g/mol. The molecule has 0 fully saturated rings. The van der Waals surface area contributed by atoms with Crippen LogP contribution in [-0.2, 0) is 0 Å². The first kappa shape index (κ1) is 11.9. The Labute approximate surface area is 96.5 Å². The van der Waals surface area contributed by atoms with Crippen LogP contribution >= 0.6 is 27.7 Å². The lowest BCUT2D eigenvalue weighted by Gasteiger charge is -2.06. The summed E-state index contributed by atoms with van der Waals surface area (Å²) in [5, 5.41) is 9.82. The van der Waals surface area contributed by atoms with E-state index in [4.69, 9.17) is 5.11 Å². The topological polar surface area (TPSA) is 46.0 Å². The number of aryl methyl sites for hydroxylation is 1. The van der Waals surface area contributed by atoms with Crippen molar-refractivity contribution in [1.29, 1.82) is 0 Å². The highest BCUT2D eigenvalue weighted by Crippen LogP contribution is 2.21. The molecule has 0 saturated heterocycles. The molecule has 0 aliphatic rings. The highest BCUT2D eigenvalue weighted by atomic mass is 79.9. The van der Waals surface area contributed by atoms with Crippen LogP contribution in [0.2, 0.25) is 0 Å². The lowest BCUT2D eigenvalue weighted by atomic mass is 10.2. The summed E-state index contributed by atoms with van der Waals surface area (Å²) in [6.07, 6.45) is 0. The molecule has 1 atom stereocenters. The Balaban J connectivity index is 2.58. The predicted molar refractivity (Wildman–Crippen MR) is 61.4 cm³/mol. The van der Waals surface area contributed by atoms with Gasteiger partial charge in [0.15, 0.2) is 0 Å². The van der Waals surface area contributed by atoms with Gasteiger partial charge in [-0.05, 0) is 28.8 Å². The number of hydrogen-bond acceptors (Lipinski definition) is 4. The zero-order valence-corrected chi connectivity index (χ0v) is 10.6. The molecule has 1 unspecified atom stereocenters. The number of halogens is 1. The van der Waals surface area contributed by atoms with Crippen LogP contribution in [0.15, 0.2) is 15.7 Å². The van der Waals surface area contributed by atoms with Crippen molar-refractivity contribution in [1.82, 2.24) is 9.97 Å². The summed E-state index contributed by atoms with van der Waals surface area (Å²) in [7, 11) is 0. The second-order valence-electron chi connectivity index (χ2n) is 3.17. The molecule has 14 heavy (non-hydrogen) atoms. The summed E-state index contributed by atoms with van der Waals surface area (Å²) < 4.78 is 0.809. The van der Waals surface area contributed by atoms with Crippen molar-refractivity contribution in [3.05, 3.63) is 16.5 Å². The molecule has 0 aliphatic carbocycles. The van der Waals surface area contributed by atoms with Crippen molar-refractivity contribution in [3.8, 4) is 0 Å². The van der Waals surface area contributed by atoms with Gasteiger partial charge < -0.3 is 5.11 Å². The summed E-state index contributed by atoms with van der Waals surface area (Å²) in [6.45, 7) is 4.10. The van der Waals surface area contributed by atoms with E-state index in [2.05, 4.69) is 25.9 Å². The predicted octanol–water partition coefficient (Wildman–Crippen LogP) is 2.27. The molecule has 1 N–H and O–H groups in total. The van der Waals surface area contributed by atoms with Gasteiger partial charge >= 0.3 is 0 Å². The molecule has 0 bridgehead atoms. The Morgan fingerprint density at radius 1 is 1.57 bits per heavy atom. The first-order valence-corrected chi connectivity index (χ1v) is 6.14. The van der Waals surface area contributed by atoms with Crippen molar-refractivity contribution in [2.75, 3.05) is 12.4 Å². The Kier molecular flexibility index (Phi) is 4.84. The highest BCUT2D eigenvalue weighted by molar-refractivity contribution is 9.10. The molecule has 78 valence electrons. The molecule has 0 aromatic carbocycles. The van der Waals surface area contributed by atoms with Gasteiger partial charge in [-0.2, -0.15) is 0 Å². The number of rotatable bonds is 4. The minimum absolute atomic E-state index is 0.220. The maximum Gasteiger partial charge on any atom is 0.127 e. The van der Waals surface area contributed by atoms with E-state index in [1.807, 2.05) is 19.9 Å². The number of thioether (sulfide) groups is 1. The summed E-state index contributed by atoms with van der Waals surface area (Å²) in [5.74, 6) is 1.94. The summed E-state index contributed by atoms with van der Waals surface area (Å²) in [4.78, 5) is 8.40. The standard InChI is InChI=1S/C9H13BrN2OS/c1-6(4-13)5-14-9-3-8(10)11-7(2)12-9/h3,6,13H,4-5H2,1-2H3. The Morgan fingerprint density at radius 3 is 2.86 bits per heavy atom. The van der Waals surface area contributed by atoms with Gasteiger partial charge in [0, 0.05) is 18.4 Å². The van der Waals surface area contributed by atoms with Crippen LogP contribution in [0, 0.1) is 12.8 Å². The van der Waals surface area contributed by atoms with Gasteiger partial charge in [0.05, 0.1) is 0 Å². The van der Waals surface area contributed by atoms with E-state index < -0.39 is 0 Å². The molecular formula is C9H13BrN2OS. The molecule has 0 spiro atoms. The zero-order valence-electron chi connectivity index (χ0n) is 8.20. The van der Waals surface area contributed by atoms with E-state index in [1.54, 1.807) is 11.8 Å². The second kappa shape index (κ2) is 5.68. The molecule has 1 aromatic heterocycles. The largest absolute Gasteiger partial charge is 0.396 e. The third-order valence-corrected chi connectivity index (χ3v) is 3.26. The number of nitrogens with zero attached hydrogens (tertiary/aromatic N) is 2. The van der Waals surface area contributed by atoms with Crippen molar-refractivity contribution in [3.63, 3.8) is 0 Å². The third-order valence-electron chi connectivity index (χ3n) is 1.61. The maximum atomic E-state index is 8.87. The zero-order chi connectivity index (χ0) is 10.6. The van der Waals surface area contributed by atoms with Gasteiger partial charge in [0.2, 0.25) is 0 Å². The number of aromatic nitrogens is 2. The molecule has 1 rings (SSSR count). The fraction of sp³-hybridized carbons (Fsp3) is 0.556. The van der Waals surface area contributed by atoms with Gasteiger partial charge in [-0.25, -0.2) is 9.97 Å². The van der Waals surface area contributed by atoms with Gasteiger partial charge in [-0.3, -0.25) is 0 Å². The van der Waals surface area contributed by atoms with Crippen molar-refractivity contribution in [2.45, 2.75) is 18.9 Å². The fourth-order valence-corrected chi connectivity index (χ4v) is 2.44. The fourth-order valence-electron chi connectivity index (χ4n) is 0.860. The smallest absolute Gasteiger partial charge is 0.127 e. The summed E-state index contributed by atoms with van der Waals surface area (Å²) in [5.41, 5.74) is 0. The number of aliphatic hydroxyl groups is 1. The van der Waals surface area contributed by atoms with Gasteiger partial charge in [0.25, 0.3) is 0 Å². The molecular weight excluding hydrogens is 264 g/mol. The normalized spacial score (nSPS) is 12.9. The second-order valence-corrected chi connectivity index (χ2v) is 5.03. The lowest BCUT2D eigenvalue weighted by molar-refractivity contribution is 0.250. The maximum absolute atomic E-state index is 8.87. The lowest BCUT2D eigenvalue weighted by Crippen LogP contribution is -2.03. The van der Waals surface area contributed by atoms with E-state index in [1.165, 1.54) is 0 Å². The minimum atomic E-state index is 0.220. The molecule has 1 aromatic rings. The van der Waals surface area contributed by atoms with Crippen LogP contribution in [-0.4, -0.2) is 27.4 Å². The van der Waals surface area contributed by atoms with Gasteiger partial charge in [-0.1, -0.05) is 6.92 Å². The molecule has 0 saturated carbocycles. The average Bonchev–Trinajstić information content (AvgIpc) is 2.12. The Morgan fingerprint density at radius 2 is 2.29 bits per heavy atom. The van der Waals surface area contributed by atoms with Crippen molar-refractivity contribution < 1.29 is 5.11 Å². The van der Waals surface area contributed by atoms with Gasteiger partial charge in [0.1, 0.15) is 15.5 Å². The quantitative estimate of drug-likeness (QED) is 0.677. The molecule has 0 aliphatic heterocycles. The molecule has 5 heteroatoms. The Hall–Kier alpha value is -0.130. The third kappa shape index (κ3) is 3.94. The average molecular weight is 277 g/mol. The molecule has 0 radical (unpaired) electrons.